The second-order valence-corrected chi connectivity index (χ2v) is 6.57. The first-order valence-corrected chi connectivity index (χ1v) is 9.60. The summed E-state index contributed by atoms with van der Waals surface area (Å²) in [6.07, 6.45) is 4.57. The van der Waals surface area contributed by atoms with E-state index in [1.54, 1.807) is 0 Å². The van der Waals surface area contributed by atoms with E-state index in [2.05, 4.69) is 29.5 Å². The molecule has 2 aromatic rings. The van der Waals surface area contributed by atoms with Gasteiger partial charge < -0.3 is 21.1 Å². The summed E-state index contributed by atoms with van der Waals surface area (Å²) in [7, 11) is 0. The lowest BCUT2D eigenvalue weighted by molar-refractivity contribution is 0.340. The van der Waals surface area contributed by atoms with Gasteiger partial charge in [-0.25, -0.2) is 4.98 Å². The number of hydrogen-bond acceptors (Lipinski definition) is 5. The molecule has 0 bridgehead atoms. The van der Waals surface area contributed by atoms with Crippen molar-refractivity contribution in [1.82, 2.24) is 4.98 Å². The lowest BCUT2D eigenvalue weighted by Crippen LogP contribution is -2.20. The normalized spacial score (nSPS) is 10.8. The SMILES string of the molecule is CCCC(CCC)Nc1cc(C)nc(Nc2ccc(OCC)cc2)c1N. The van der Waals surface area contributed by atoms with Crippen LogP contribution < -0.4 is 21.1 Å². The first-order valence-electron chi connectivity index (χ1n) is 9.60. The molecular weight excluding hydrogens is 324 g/mol. The fraction of sp³-hybridized carbons (Fsp3) is 0.476. The van der Waals surface area contributed by atoms with Crippen molar-refractivity contribution in [3.63, 3.8) is 0 Å². The van der Waals surface area contributed by atoms with E-state index in [-0.39, 0.29) is 0 Å². The fourth-order valence-electron chi connectivity index (χ4n) is 3.04. The van der Waals surface area contributed by atoms with Gasteiger partial charge in [-0.2, -0.15) is 0 Å². The molecule has 0 radical (unpaired) electrons. The largest absolute Gasteiger partial charge is 0.494 e. The first kappa shape index (κ1) is 19.9. The number of nitrogens with two attached hydrogens (primary N) is 1. The third kappa shape index (κ3) is 5.55. The third-order valence-electron chi connectivity index (χ3n) is 4.25. The highest BCUT2D eigenvalue weighted by atomic mass is 16.5. The number of nitrogens with zero attached hydrogens (tertiary/aromatic N) is 1. The molecule has 26 heavy (non-hydrogen) atoms. The van der Waals surface area contributed by atoms with Gasteiger partial charge in [0.1, 0.15) is 5.75 Å². The average Bonchev–Trinajstić information content (AvgIpc) is 2.61. The van der Waals surface area contributed by atoms with E-state index < -0.39 is 0 Å². The first-order chi connectivity index (χ1) is 12.6. The van der Waals surface area contributed by atoms with E-state index in [4.69, 9.17) is 10.5 Å². The van der Waals surface area contributed by atoms with Crippen LogP contribution in [0.25, 0.3) is 0 Å². The van der Waals surface area contributed by atoms with Crippen molar-refractivity contribution in [1.29, 1.82) is 0 Å². The van der Waals surface area contributed by atoms with Crippen LogP contribution in [0, 0.1) is 6.92 Å². The monoisotopic (exact) mass is 356 g/mol. The highest BCUT2D eigenvalue weighted by Crippen LogP contribution is 2.31. The van der Waals surface area contributed by atoms with E-state index in [9.17, 15) is 0 Å². The van der Waals surface area contributed by atoms with Gasteiger partial charge in [-0.3, -0.25) is 0 Å². The van der Waals surface area contributed by atoms with Gasteiger partial charge in [0.2, 0.25) is 0 Å². The molecule has 0 unspecified atom stereocenters. The standard InChI is InChI=1S/C21H32N4O/c1-5-8-16(9-6-2)24-19-14-15(4)23-21(20(19)22)25-17-10-12-18(13-11-17)26-7-3/h10-14,16H,5-9,22H2,1-4H3,(H2,23,24,25). The zero-order chi connectivity index (χ0) is 18.9. The molecular formula is C21H32N4O. The molecule has 5 nitrogen and oxygen atoms in total. The van der Waals surface area contributed by atoms with Crippen LogP contribution in [0.2, 0.25) is 0 Å². The summed E-state index contributed by atoms with van der Waals surface area (Å²) in [5.41, 5.74) is 9.88. The fourth-order valence-corrected chi connectivity index (χ4v) is 3.04. The molecule has 1 heterocycles. The van der Waals surface area contributed by atoms with Crippen LogP contribution >= 0.6 is 0 Å². The Morgan fingerprint density at radius 2 is 1.73 bits per heavy atom. The minimum atomic E-state index is 0.437. The number of rotatable bonds is 10. The van der Waals surface area contributed by atoms with E-state index in [0.29, 0.717) is 24.2 Å². The summed E-state index contributed by atoms with van der Waals surface area (Å²) in [4.78, 5) is 4.58. The summed E-state index contributed by atoms with van der Waals surface area (Å²) in [6.45, 7) is 9.05. The number of ether oxygens (including phenoxy) is 1. The smallest absolute Gasteiger partial charge is 0.156 e. The molecule has 0 aliphatic rings. The average molecular weight is 357 g/mol. The minimum absolute atomic E-state index is 0.437. The molecule has 0 spiro atoms. The van der Waals surface area contributed by atoms with Crippen LogP contribution in [0.3, 0.4) is 0 Å². The number of nitrogen functional groups attached to an aromatic ring is 1. The predicted molar refractivity (Wildman–Crippen MR) is 112 cm³/mol. The maximum atomic E-state index is 6.41. The zero-order valence-electron chi connectivity index (χ0n) is 16.4. The Bertz CT molecular complexity index is 679. The van der Waals surface area contributed by atoms with Crippen molar-refractivity contribution in [3.8, 4) is 5.75 Å². The van der Waals surface area contributed by atoms with Crippen LogP contribution in [-0.2, 0) is 0 Å². The summed E-state index contributed by atoms with van der Waals surface area (Å²) >= 11 is 0. The molecule has 2 rings (SSSR count). The molecule has 5 heteroatoms. The quantitative estimate of drug-likeness (QED) is 0.524. The Morgan fingerprint density at radius 3 is 2.31 bits per heavy atom. The van der Waals surface area contributed by atoms with Gasteiger partial charge in [-0.15, -0.1) is 0 Å². The van der Waals surface area contributed by atoms with Gasteiger partial charge in [0.15, 0.2) is 5.82 Å². The third-order valence-corrected chi connectivity index (χ3v) is 4.25. The van der Waals surface area contributed by atoms with Crippen LogP contribution in [0.4, 0.5) is 22.9 Å². The maximum Gasteiger partial charge on any atom is 0.156 e. The van der Waals surface area contributed by atoms with Crippen LogP contribution in [-0.4, -0.2) is 17.6 Å². The van der Waals surface area contributed by atoms with E-state index in [0.717, 1.165) is 48.5 Å². The summed E-state index contributed by atoms with van der Waals surface area (Å²) in [6, 6.07) is 10.3. The molecule has 4 N–H and O–H groups in total. The van der Waals surface area contributed by atoms with Gasteiger partial charge in [-0.1, -0.05) is 26.7 Å². The van der Waals surface area contributed by atoms with Gasteiger partial charge >= 0.3 is 0 Å². The van der Waals surface area contributed by atoms with Crippen LogP contribution in [0.1, 0.15) is 52.1 Å². The summed E-state index contributed by atoms with van der Waals surface area (Å²) < 4.78 is 5.48. The molecule has 0 atom stereocenters. The van der Waals surface area contributed by atoms with Crippen molar-refractivity contribution >= 4 is 22.9 Å². The van der Waals surface area contributed by atoms with E-state index >= 15 is 0 Å². The number of benzene rings is 1. The number of aryl methyl sites for hydroxylation is 1. The lowest BCUT2D eigenvalue weighted by atomic mass is 10.1. The summed E-state index contributed by atoms with van der Waals surface area (Å²) in [5.74, 6) is 1.54. The molecule has 0 saturated carbocycles. The van der Waals surface area contributed by atoms with Gasteiger partial charge in [0.05, 0.1) is 18.0 Å². The topological polar surface area (TPSA) is 72.2 Å². The molecule has 1 aromatic heterocycles. The Balaban J connectivity index is 2.19. The molecule has 0 aliphatic heterocycles. The second-order valence-electron chi connectivity index (χ2n) is 6.57. The Labute approximate surface area is 157 Å². The van der Waals surface area contributed by atoms with Crippen molar-refractivity contribution in [2.24, 2.45) is 0 Å². The van der Waals surface area contributed by atoms with Crippen molar-refractivity contribution in [2.45, 2.75) is 59.4 Å². The molecule has 142 valence electrons. The Kier molecular flexibility index (Phi) is 7.57. The Hall–Kier alpha value is -2.43. The van der Waals surface area contributed by atoms with Crippen LogP contribution in [0.5, 0.6) is 5.75 Å². The van der Waals surface area contributed by atoms with Gasteiger partial charge in [0, 0.05) is 17.4 Å². The van der Waals surface area contributed by atoms with Gasteiger partial charge in [-0.05, 0) is 57.0 Å². The van der Waals surface area contributed by atoms with Crippen molar-refractivity contribution in [2.75, 3.05) is 23.0 Å². The van der Waals surface area contributed by atoms with Crippen molar-refractivity contribution in [3.05, 3.63) is 36.0 Å². The number of hydrogen-bond donors (Lipinski definition) is 3. The van der Waals surface area contributed by atoms with Crippen LogP contribution in [0.15, 0.2) is 30.3 Å². The minimum Gasteiger partial charge on any atom is -0.494 e. The Morgan fingerprint density at radius 1 is 1.08 bits per heavy atom. The highest BCUT2D eigenvalue weighted by molar-refractivity contribution is 5.81. The molecule has 0 aliphatic carbocycles. The van der Waals surface area contributed by atoms with Crippen molar-refractivity contribution < 1.29 is 4.74 Å². The molecule has 0 fully saturated rings. The number of anilines is 4. The maximum absolute atomic E-state index is 6.41. The van der Waals surface area contributed by atoms with Gasteiger partial charge in [0.25, 0.3) is 0 Å². The molecule has 1 aromatic carbocycles. The number of pyridine rings is 1. The zero-order valence-corrected chi connectivity index (χ0v) is 16.4. The second kappa shape index (κ2) is 9.90. The summed E-state index contributed by atoms with van der Waals surface area (Å²) in [5, 5.41) is 6.95. The predicted octanol–water partition coefficient (Wildman–Crippen LogP) is 5.50. The van der Waals surface area contributed by atoms with E-state index in [1.165, 1.54) is 0 Å². The lowest BCUT2D eigenvalue weighted by Gasteiger charge is -2.21. The highest BCUT2D eigenvalue weighted by Gasteiger charge is 2.13. The number of nitrogens with one attached hydrogen (secondary N) is 2. The van der Waals surface area contributed by atoms with E-state index in [1.807, 2.05) is 44.2 Å². The molecule has 0 saturated heterocycles. The molecule has 0 amide bonds. The number of aromatic nitrogens is 1.